The highest BCUT2D eigenvalue weighted by molar-refractivity contribution is 7.80. The first-order valence-electron chi connectivity index (χ1n) is 11.1. The Bertz CT molecular complexity index is 847. The number of pyridine rings is 1. The van der Waals surface area contributed by atoms with E-state index in [0.29, 0.717) is 5.11 Å². The lowest BCUT2D eigenvalue weighted by Gasteiger charge is -2.32. The summed E-state index contributed by atoms with van der Waals surface area (Å²) in [4.78, 5) is 7.04. The van der Waals surface area contributed by atoms with Crippen molar-refractivity contribution < 1.29 is 0 Å². The Balaban J connectivity index is 1.34. The van der Waals surface area contributed by atoms with Gasteiger partial charge in [-0.25, -0.2) is 4.98 Å². The lowest BCUT2D eigenvalue weighted by atomic mass is 9.79. The Labute approximate surface area is 190 Å². The highest BCUT2D eigenvalue weighted by Crippen LogP contribution is 2.41. The fraction of sp³-hybridized carbons (Fsp3) is 0.500. The third kappa shape index (κ3) is 5.06. The van der Waals surface area contributed by atoms with Crippen molar-refractivity contribution in [3.63, 3.8) is 0 Å². The number of nitrogens with zero attached hydrogens (tertiary/aromatic N) is 2. The standard InChI is InChI=1S/C24H31ClN4S/c1-18-5-4-14-29(16-18)22-11-10-21(15-26-22)28-23(30)27-17-24(12-2-3-13-24)19-6-8-20(25)9-7-19/h6-11,15,18H,2-5,12-14,16-17H2,1H3,(H2,27,28,30). The summed E-state index contributed by atoms with van der Waals surface area (Å²) in [5, 5.41) is 8.19. The maximum atomic E-state index is 6.09. The van der Waals surface area contributed by atoms with Gasteiger partial charge in [-0.05, 0) is 73.6 Å². The van der Waals surface area contributed by atoms with Gasteiger partial charge in [0.25, 0.3) is 0 Å². The van der Waals surface area contributed by atoms with E-state index in [1.807, 2.05) is 18.3 Å². The van der Waals surface area contributed by atoms with Crippen molar-refractivity contribution in [1.29, 1.82) is 0 Å². The number of piperidine rings is 1. The summed E-state index contributed by atoms with van der Waals surface area (Å²) in [6.45, 7) is 5.33. The first-order chi connectivity index (χ1) is 14.5. The molecule has 1 aromatic heterocycles. The minimum absolute atomic E-state index is 0.128. The first-order valence-corrected chi connectivity index (χ1v) is 11.8. The Morgan fingerprint density at radius 2 is 1.93 bits per heavy atom. The van der Waals surface area contributed by atoms with Crippen LogP contribution in [0.15, 0.2) is 42.6 Å². The predicted octanol–water partition coefficient (Wildman–Crippen LogP) is 5.77. The van der Waals surface area contributed by atoms with Crippen LogP contribution in [0.5, 0.6) is 0 Å². The van der Waals surface area contributed by atoms with Crippen LogP contribution in [0.2, 0.25) is 5.02 Å². The Kier molecular flexibility index (Phi) is 6.79. The third-order valence-electron chi connectivity index (χ3n) is 6.59. The van der Waals surface area contributed by atoms with Gasteiger partial charge in [0.1, 0.15) is 5.82 Å². The molecule has 2 aliphatic rings. The molecular weight excluding hydrogens is 412 g/mol. The summed E-state index contributed by atoms with van der Waals surface area (Å²) in [7, 11) is 0. The van der Waals surface area contributed by atoms with E-state index in [0.717, 1.165) is 42.1 Å². The summed E-state index contributed by atoms with van der Waals surface area (Å²) in [5.41, 5.74) is 2.40. The molecular formula is C24H31ClN4S. The van der Waals surface area contributed by atoms with E-state index in [1.54, 1.807) is 0 Å². The van der Waals surface area contributed by atoms with Gasteiger partial charge in [-0.2, -0.15) is 0 Å². The number of hydrogen-bond donors (Lipinski definition) is 2. The smallest absolute Gasteiger partial charge is 0.170 e. The molecule has 1 aliphatic carbocycles. The molecule has 1 saturated carbocycles. The normalized spacial score (nSPS) is 20.7. The molecule has 2 fully saturated rings. The lowest BCUT2D eigenvalue weighted by Crippen LogP contribution is -2.40. The van der Waals surface area contributed by atoms with Crippen LogP contribution in [-0.2, 0) is 5.41 Å². The summed E-state index contributed by atoms with van der Waals surface area (Å²) < 4.78 is 0. The minimum Gasteiger partial charge on any atom is -0.362 e. The van der Waals surface area contributed by atoms with Gasteiger partial charge in [0.2, 0.25) is 0 Å². The molecule has 2 aromatic rings. The number of benzene rings is 1. The summed E-state index contributed by atoms with van der Waals surface area (Å²) in [6.07, 6.45) is 9.30. The van der Waals surface area contributed by atoms with E-state index in [-0.39, 0.29) is 5.41 Å². The van der Waals surface area contributed by atoms with Gasteiger partial charge < -0.3 is 15.5 Å². The topological polar surface area (TPSA) is 40.2 Å². The molecule has 0 amide bonds. The monoisotopic (exact) mass is 442 g/mol. The van der Waals surface area contributed by atoms with Gasteiger partial charge >= 0.3 is 0 Å². The van der Waals surface area contributed by atoms with Crippen LogP contribution in [0, 0.1) is 5.92 Å². The van der Waals surface area contributed by atoms with E-state index in [1.165, 1.54) is 44.1 Å². The second-order valence-corrected chi connectivity index (χ2v) is 9.75. The van der Waals surface area contributed by atoms with Crippen molar-refractivity contribution >= 4 is 40.4 Å². The fourth-order valence-corrected chi connectivity index (χ4v) is 5.21. The molecule has 1 atom stereocenters. The Morgan fingerprint density at radius 3 is 2.60 bits per heavy atom. The molecule has 0 spiro atoms. The van der Waals surface area contributed by atoms with E-state index in [2.05, 4.69) is 51.7 Å². The summed E-state index contributed by atoms with van der Waals surface area (Å²) in [6, 6.07) is 12.5. The molecule has 1 unspecified atom stereocenters. The predicted molar refractivity (Wildman–Crippen MR) is 131 cm³/mol. The molecule has 1 aromatic carbocycles. The second kappa shape index (κ2) is 9.52. The van der Waals surface area contributed by atoms with Gasteiger partial charge in [0.05, 0.1) is 11.9 Å². The van der Waals surface area contributed by atoms with Gasteiger partial charge in [0, 0.05) is 30.1 Å². The maximum Gasteiger partial charge on any atom is 0.170 e. The molecule has 4 nitrogen and oxygen atoms in total. The first kappa shape index (κ1) is 21.4. The molecule has 30 heavy (non-hydrogen) atoms. The minimum atomic E-state index is 0.128. The van der Waals surface area contributed by atoms with Crippen LogP contribution in [0.25, 0.3) is 0 Å². The summed E-state index contributed by atoms with van der Waals surface area (Å²) in [5.74, 6) is 1.79. The van der Waals surface area contributed by atoms with Gasteiger partial charge in [-0.15, -0.1) is 0 Å². The molecule has 2 heterocycles. The number of hydrogen-bond acceptors (Lipinski definition) is 3. The zero-order valence-corrected chi connectivity index (χ0v) is 19.2. The number of nitrogens with one attached hydrogen (secondary N) is 2. The van der Waals surface area contributed by atoms with Crippen molar-refractivity contribution in [2.24, 2.45) is 5.92 Å². The molecule has 4 rings (SSSR count). The summed E-state index contributed by atoms with van der Waals surface area (Å²) >= 11 is 11.7. The van der Waals surface area contributed by atoms with Crippen molar-refractivity contribution in [2.75, 3.05) is 29.9 Å². The molecule has 0 radical (unpaired) electrons. The van der Waals surface area contributed by atoms with Crippen molar-refractivity contribution in [2.45, 2.75) is 50.9 Å². The average molecular weight is 443 g/mol. The average Bonchev–Trinajstić information content (AvgIpc) is 3.23. The zero-order chi connectivity index (χ0) is 21.0. The number of anilines is 2. The molecule has 0 bridgehead atoms. The van der Waals surface area contributed by atoms with Gasteiger partial charge in [-0.3, -0.25) is 0 Å². The van der Waals surface area contributed by atoms with Crippen LogP contribution < -0.4 is 15.5 Å². The number of rotatable bonds is 5. The number of aromatic nitrogens is 1. The molecule has 1 saturated heterocycles. The van der Waals surface area contributed by atoms with E-state index < -0.39 is 0 Å². The van der Waals surface area contributed by atoms with E-state index >= 15 is 0 Å². The van der Waals surface area contributed by atoms with Crippen molar-refractivity contribution in [3.8, 4) is 0 Å². The molecule has 6 heteroatoms. The van der Waals surface area contributed by atoms with Crippen molar-refractivity contribution in [3.05, 3.63) is 53.2 Å². The molecule has 1 aliphatic heterocycles. The lowest BCUT2D eigenvalue weighted by molar-refractivity contribution is 0.435. The van der Waals surface area contributed by atoms with Crippen LogP contribution >= 0.6 is 23.8 Å². The number of thiocarbonyl (C=S) groups is 1. The van der Waals surface area contributed by atoms with Crippen LogP contribution in [-0.4, -0.2) is 29.7 Å². The quantitative estimate of drug-likeness (QED) is 0.575. The van der Waals surface area contributed by atoms with E-state index in [9.17, 15) is 0 Å². The Hall–Kier alpha value is -1.85. The van der Waals surface area contributed by atoms with E-state index in [4.69, 9.17) is 23.8 Å². The van der Waals surface area contributed by atoms with Gasteiger partial charge in [0.15, 0.2) is 5.11 Å². The number of halogens is 1. The van der Waals surface area contributed by atoms with Crippen LogP contribution in [0.3, 0.4) is 0 Å². The SMILES string of the molecule is CC1CCCN(c2ccc(NC(=S)NCC3(c4ccc(Cl)cc4)CCCC3)cn2)C1. The molecule has 160 valence electrons. The highest BCUT2D eigenvalue weighted by Gasteiger charge is 2.35. The molecule has 2 N–H and O–H groups in total. The second-order valence-electron chi connectivity index (χ2n) is 8.90. The Morgan fingerprint density at radius 1 is 1.17 bits per heavy atom. The van der Waals surface area contributed by atoms with Gasteiger partial charge in [-0.1, -0.05) is 43.5 Å². The third-order valence-corrected chi connectivity index (χ3v) is 7.09. The van der Waals surface area contributed by atoms with Crippen LogP contribution in [0.1, 0.15) is 51.0 Å². The zero-order valence-electron chi connectivity index (χ0n) is 17.7. The largest absolute Gasteiger partial charge is 0.362 e. The van der Waals surface area contributed by atoms with Crippen molar-refractivity contribution in [1.82, 2.24) is 10.3 Å². The van der Waals surface area contributed by atoms with Crippen LogP contribution in [0.4, 0.5) is 11.5 Å². The fourth-order valence-electron chi connectivity index (χ4n) is 4.89. The highest BCUT2D eigenvalue weighted by atomic mass is 35.5. The maximum absolute atomic E-state index is 6.09.